The lowest BCUT2D eigenvalue weighted by atomic mass is 9.98. The number of hydrogen-bond donors (Lipinski definition) is 1. The van der Waals surface area contributed by atoms with Crippen LogP contribution in [-0.4, -0.2) is 0 Å². The zero-order valence-corrected chi connectivity index (χ0v) is 10.8. The van der Waals surface area contributed by atoms with Gasteiger partial charge in [0.05, 0.1) is 6.04 Å². The van der Waals surface area contributed by atoms with Crippen LogP contribution in [0.25, 0.3) is 0 Å². The minimum Gasteiger partial charge on any atom is -0.320 e. The number of rotatable bonds is 2. The van der Waals surface area contributed by atoms with Gasteiger partial charge in [-0.3, -0.25) is 0 Å². The Morgan fingerprint density at radius 3 is 2.26 bits per heavy atom. The highest BCUT2D eigenvalue weighted by Gasteiger charge is 2.16. The molecular weight excluding hydrogens is 275 g/mol. The molecule has 0 radical (unpaired) electrons. The SMILES string of the molecule is Cc1cc(C(N)c2cc(F)c(F)cc2Cl)ccc1F. The van der Waals surface area contributed by atoms with Crippen molar-refractivity contribution < 1.29 is 13.2 Å². The number of aryl methyl sites for hydroxylation is 1. The summed E-state index contributed by atoms with van der Waals surface area (Å²) >= 11 is 5.86. The quantitative estimate of drug-likeness (QED) is 0.826. The van der Waals surface area contributed by atoms with Crippen LogP contribution in [0.3, 0.4) is 0 Å². The minimum atomic E-state index is -1.03. The Bertz CT molecular complexity index is 628. The van der Waals surface area contributed by atoms with Gasteiger partial charge in [0, 0.05) is 5.02 Å². The molecule has 0 bridgehead atoms. The van der Waals surface area contributed by atoms with Crippen LogP contribution >= 0.6 is 11.6 Å². The van der Waals surface area contributed by atoms with E-state index in [9.17, 15) is 13.2 Å². The molecule has 0 aliphatic heterocycles. The Morgan fingerprint density at radius 1 is 1.00 bits per heavy atom. The fraction of sp³-hybridized carbons (Fsp3) is 0.143. The first-order chi connectivity index (χ1) is 8.90. The normalized spacial score (nSPS) is 12.5. The van der Waals surface area contributed by atoms with Gasteiger partial charge in [0.1, 0.15) is 5.82 Å². The molecule has 0 amide bonds. The Hall–Kier alpha value is -1.52. The Morgan fingerprint density at radius 2 is 1.63 bits per heavy atom. The predicted molar refractivity (Wildman–Crippen MR) is 68.5 cm³/mol. The average molecular weight is 286 g/mol. The third-order valence-electron chi connectivity index (χ3n) is 2.92. The highest BCUT2D eigenvalue weighted by Crippen LogP contribution is 2.29. The second-order valence-electron chi connectivity index (χ2n) is 4.27. The van der Waals surface area contributed by atoms with Crippen LogP contribution in [0.15, 0.2) is 30.3 Å². The molecule has 2 N–H and O–H groups in total. The monoisotopic (exact) mass is 285 g/mol. The predicted octanol–water partition coefficient (Wildman–Crippen LogP) is 4.11. The lowest BCUT2D eigenvalue weighted by Gasteiger charge is -2.15. The Kier molecular flexibility index (Phi) is 3.83. The molecule has 0 aliphatic rings. The van der Waals surface area contributed by atoms with Crippen molar-refractivity contribution in [3.05, 3.63) is 69.5 Å². The maximum atomic E-state index is 13.2. The summed E-state index contributed by atoms with van der Waals surface area (Å²) in [6.45, 7) is 1.60. The van der Waals surface area contributed by atoms with Crippen molar-refractivity contribution >= 4 is 11.6 Å². The summed E-state index contributed by atoms with van der Waals surface area (Å²) in [5.41, 5.74) is 7.21. The van der Waals surface area contributed by atoms with Gasteiger partial charge in [0.15, 0.2) is 11.6 Å². The number of benzene rings is 2. The van der Waals surface area contributed by atoms with Crippen molar-refractivity contribution in [1.29, 1.82) is 0 Å². The van der Waals surface area contributed by atoms with Gasteiger partial charge in [-0.15, -0.1) is 0 Å². The van der Waals surface area contributed by atoms with Crippen LogP contribution in [0.5, 0.6) is 0 Å². The van der Waals surface area contributed by atoms with Crippen molar-refractivity contribution in [1.82, 2.24) is 0 Å². The molecule has 0 spiro atoms. The third-order valence-corrected chi connectivity index (χ3v) is 3.24. The molecular formula is C14H11ClF3N. The van der Waals surface area contributed by atoms with Gasteiger partial charge in [-0.05, 0) is 41.8 Å². The molecule has 1 atom stereocenters. The van der Waals surface area contributed by atoms with Gasteiger partial charge >= 0.3 is 0 Å². The van der Waals surface area contributed by atoms with E-state index in [1.165, 1.54) is 12.1 Å². The largest absolute Gasteiger partial charge is 0.320 e. The molecule has 2 aromatic rings. The van der Waals surface area contributed by atoms with E-state index in [0.29, 0.717) is 11.1 Å². The van der Waals surface area contributed by atoms with Crippen LogP contribution in [0, 0.1) is 24.4 Å². The van der Waals surface area contributed by atoms with Crippen LogP contribution in [0.2, 0.25) is 5.02 Å². The summed E-state index contributed by atoms with van der Waals surface area (Å²) in [4.78, 5) is 0. The first-order valence-corrected chi connectivity index (χ1v) is 5.94. The summed E-state index contributed by atoms with van der Waals surface area (Å²) in [7, 11) is 0. The van der Waals surface area contributed by atoms with Crippen LogP contribution in [0.4, 0.5) is 13.2 Å². The fourth-order valence-electron chi connectivity index (χ4n) is 1.82. The molecule has 1 nitrogen and oxygen atoms in total. The van der Waals surface area contributed by atoms with Gasteiger partial charge in [0.25, 0.3) is 0 Å². The lowest BCUT2D eigenvalue weighted by Crippen LogP contribution is -2.13. The zero-order chi connectivity index (χ0) is 14.2. The molecule has 0 heterocycles. The van der Waals surface area contributed by atoms with Crippen LogP contribution in [-0.2, 0) is 0 Å². The van der Waals surface area contributed by atoms with Gasteiger partial charge < -0.3 is 5.73 Å². The molecule has 19 heavy (non-hydrogen) atoms. The standard InChI is InChI=1S/C14H11ClF3N/c1-7-4-8(2-3-11(7)16)14(19)9-5-12(17)13(18)6-10(9)15/h2-6,14H,19H2,1H3. The van der Waals surface area contributed by atoms with E-state index >= 15 is 0 Å². The van der Waals surface area contributed by atoms with Crippen molar-refractivity contribution in [2.24, 2.45) is 5.73 Å². The molecule has 0 fully saturated rings. The second-order valence-corrected chi connectivity index (χ2v) is 4.68. The summed E-state index contributed by atoms with van der Waals surface area (Å²) in [6, 6.07) is 5.41. The molecule has 1 unspecified atom stereocenters. The second kappa shape index (κ2) is 5.23. The topological polar surface area (TPSA) is 26.0 Å². The van der Waals surface area contributed by atoms with E-state index in [0.717, 1.165) is 12.1 Å². The molecule has 0 saturated heterocycles. The van der Waals surface area contributed by atoms with Crippen LogP contribution < -0.4 is 5.73 Å². The van der Waals surface area contributed by atoms with E-state index in [-0.39, 0.29) is 16.4 Å². The lowest BCUT2D eigenvalue weighted by molar-refractivity contribution is 0.506. The maximum Gasteiger partial charge on any atom is 0.160 e. The van der Waals surface area contributed by atoms with Gasteiger partial charge in [-0.2, -0.15) is 0 Å². The Balaban J connectivity index is 2.46. The molecule has 2 aromatic carbocycles. The summed E-state index contributed by atoms with van der Waals surface area (Å²) in [5.74, 6) is -2.41. The molecule has 2 rings (SSSR count). The van der Waals surface area contributed by atoms with E-state index < -0.39 is 17.7 Å². The van der Waals surface area contributed by atoms with Crippen molar-refractivity contribution in [3.8, 4) is 0 Å². The average Bonchev–Trinajstić information content (AvgIpc) is 2.36. The molecule has 0 aromatic heterocycles. The maximum absolute atomic E-state index is 13.2. The minimum absolute atomic E-state index is 0.0355. The highest BCUT2D eigenvalue weighted by molar-refractivity contribution is 6.31. The van der Waals surface area contributed by atoms with E-state index in [2.05, 4.69) is 0 Å². The summed E-state index contributed by atoms with van der Waals surface area (Å²) in [6.07, 6.45) is 0. The van der Waals surface area contributed by atoms with Gasteiger partial charge in [-0.25, -0.2) is 13.2 Å². The number of halogens is 4. The fourth-order valence-corrected chi connectivity index (χ4v) is 2.09. The molecule has 0 saturated carbocycles. The highest BCUT2D eigenvalue weighted by atomic mass is 35.5. The van der Waals surface area contributed by atoms with Crippen molar-refractivity contribution in [2.45, 2.75) is 13.0 Å². The van der Waals surface area contributed by atoms with Gasteiger partial charge in [-0.1, -0.05) is 23.7 Å². The third kappa shape index (κ3) is 2.74. The summed E-state index contributed by atoms with van der Waals surface area (Å²) < 4.78 is 39.4. The first-order valence-electron chi connectivity index (χ1n) is 5.56. The van der Waals surface area contributed by atoms with E-state index in [4.69, 9.17) is 17.3 Å². The molecule has 5 heteroatoms. The van der Waals surface area contributed by atoms with E-state index in [1.54, 1.807) is 13.0 Å². The van der Waals surface area contributed by atoms with Crippen molar-refractivity contribution in [2.75, 3.05) is 0 Å². The molecule has 0 aliphatic carbocycles. The van der Waals surface area contributed by atoms with Crippen molar-refractivity contribution in [3.63, 3.8) is 0 Å². The smallest absolute Gasteiger partial charge is 0.160 e. The number of nitrogens with two attached hydrogens (primary N) is 1. The summed E-state index contributed by atoms with van der Waals surface area (Å²) in [5, 5.41) is 0.0355. The van der Waals surface area contributed by atoms with E-state index in [1.807, 2.05) is 0 Å². The number of hydrogen-bond acceptors (Lipinski definition) is 1. The molecule has 100 valence electrons. The first kappa shape index (κ1) is 13.9. The Labute approximate surface area is 113 Å². The van der Waals surface area contributed by atoms with Crippen LogP contribution in [0.1, 0.15) is 22.7 Å². The zero-order valence-electron chi connectivity index (χ0n) is 10.1. The van der Waals surface area contributed by atoms with Gasteiger partial charge in [0.2, 0.25) is 0 Å².